The van der Waals surface area contributed by atoms with Crippen LogP contribution < -0.4 is 14.5 Å². The molecule has 204 valence electrons. The molecule has 9 nitrogen and oxygen atoms in total. The third-order valence-corrected chi connectivity index (χ3v) is 6.77. The summed E-state index contributed by atoms with van der Waals surface area (Å²) in [6.45, 7) is -3.36. The highest BCUT2D eigenvalue weighted by Gasteiger charge is 2.26. The molecule has 2 aromatic heterocycles. The molecule has 4 rings (SSSR count). The number of alkyl halides is 2. The van der Waals surface area contributed by atoms with Crippen LogP contribution in [0.5, 0.6) is 11.5 Å². The first kappa shape index (κ1) is 29.5. The molecule has 14 heteroatoms. The first-order chi connectivity index (χ1) is 17.8. The zero-order chi connectivity index (χ0) is 26.4. The number of aromatic amines is 1. The zero-order valence-corrected chi connectivity index (χ0v) is 21.9. The number of benzene rings is 1. The molecule has 1 aliphatic carbocycles. The maximum atomic E-state index is 12.9. The number of hydrogen-bond acceptors (Lipinski definition) is 9. The molecule has 0 aliphatic heterocycles. The lowest BCUT2D eigenvalue weighted by Gasteiger charge is -2.21. The molecule has 1 aromatic carbocycles. The highest BCUT2D eigenvalue weighted by Crippen LogP contribution is 2.37. The van der Waals surface area contributed by atoms with Crippen LogP contribution in [0.25, 0.3) is 0 Å². The number of ether oxygens (including phenoxy) is 4. The summed E-state index contributed by atoms with van der Waals surface area (Å²) in [5.74, 6) is -1.27. The predicted octanol–water partition coefficient (Wildman–Crippen LogP) is 5.16. The molecule has 0 amide bonds. The van der Waals surface area contributed by atoms with Crippen molar-refractivity contribution < 1.29 is 47.8 Å². The van der Waals surface area contributed by atoms with E-state index < -0.39 is 31.3 Å². The van der Waals surface area contributed by atoms with Crippen molar-refractivity contribution >= 4 is 46.5 Å². The molecular formula is C24H22Cl2F2N2O7S. The summed E-state index contributed by atoms with van der Waals surface area (Å²) in [6.07, 6.45) is 5.41. The zero-order valence-electron chi connectivity index (χ0n) is 19.6. The first-order valence-electron chi connectivity index (χ1n) is 11.1. The van der Waals surface area contributed by atoms with Gasteiger partial charge in [-0.25, -0.2) is 14.6 Å². The number of thiazole rings is 1. The third-order valence-electron chi connectivity index (χ3n) is 5.34. The molecule has 0 radical (unpaired) electrons. The number of halogens is 4. The van der Waals surface area contributed by atoms with E-state index in [-0.39, 0.29) is 28.3 Å². The Bertz CT molecular complexity index is 1230. The molecule has 0 unspecified atom stereocenters. The van der Waals surface area contributed by atoms with Crippen molar-refractivity contribution in [1.82, 2.24) is 4.98 Å². The molecule has 1 saturated carbocycles. The number of hydrogen-bond donors (Lipinski definition) is 0. The van der Waals surface area contributed by atoms with Crippen LogP contribution in [0.4, 0.5) is 8.78 Å². The molecule has 1 aliphatic rings. The summed E-state index contributed by atoms with van der Waals surface area (Å²) in [5.41, 5.74) is 2.35. The van der Waals surface area contributed by atoms with Gasteiger partial charge in [0.1, 0.15) is 21.0 Å². The fraction of sp³-hybridized carbons (Fsp3) is 0.333. The van der Waals surface area contributed by atoms with Crippen molar-refractivity contribution in [3.05, 3.63) is 68.3 Å². The lowest BCUT2D eigenvalue weighted by atomic mass is 10.0. The second-order valence-electron chi connectivity index (χ2n) is 8.09. The van der Waals surface area contributed by atoms with Gasteiger partial charge in [0.05, 0.1) is 18.3 Å². The number of esters is 2. The SMILES string of the molecule is O=C(COC(=O)c1cncs1)O[C@@H](Cc1c(Cl)c[nH+]cc1Cl)c1ccc(OC(F)F)c(OCC2CC2)c1.[OH-]. The maximum absolute atomic E-state index is 12.9. The van der Waals surface area contributed by atoms with E-state index in [4.69, 9.17) is 37.4 Å². The predicted molar refractivity (Wildman–Crippen MR) is 131 cm³/mol. The van der Waals surface area contributed by atoms with Gasteiger partial charge in [0.25, 0.3) is 0 Å². The van der Waals surface area contributed by atoms with Gasteiger partial charge < -0.3 is 24.4 Å². The smallest absolute Gasteiger partial charge is 0.387 e. The first-order valence-corrected chi connectivity index (χ1v) is 12.7. The van der Waals surface area contributed by atoms with Gasteiger partial charge in [-0.3, -0.25) is 4.98 Å². The fourth-order valence-electron chi connectivity index (χ4n) is 3.31. The van der Waals surface area contributed by atoms with E-state index in [9.17, 15) is 18.4 Å². The van der Waals surface area contributed by atoms with Gasteiger partial charge >= 0.3 is 18.6 Å². The summed E-state index contributed by atoms with van der Waals surface area (Å²) in [6, 6.07) is 4.26. The van der Waals surface area contributed by atoms with Gasteiger partial charge in [0.15, 0.2) is 30.5 Å². The number of H-pyrrole nitrogens is 1. The van der Waals surface area contributed by atoms with E-state index in [1.165, 1.54) is 42.3 Å². The minimum Gasteiger partial charge on any atom is -0.870 e. The standard InChI is InChI=1S/C24H20Cl2F2N2O6S.H2O/c25-16-7-29-8-17(26)15(16)6-19(35-22(31)11-34-23(32)21-9-30-12-37-21)14-3-4-18(36-24(27)28)20(5-14)33-10-13-1-2-13;/h3-5,7-9,12-13,19,24H,1-2,6,10-11H2;1H2/t19-;/m0./s1. The third kappa shape index (κ3) is 8.22. The monoisotopic (exact) mass is 590 g/mol. The van der Waals surface area contributed by atoms with E-state index in [1.54, 1.807) is 0 Å². The normalized spacial score (nSPS) is 13.4. The van der Waals surface area contributed by atoms with Gasteiger partial charge in [-0.2, -0.15) is 8.78 Å². The summed E-state index contributed by atoms with van der Waals surface area (Å²) in [4.78, 5) is 31.5. The van der Waals surface area contributed by atoms with Crippen molar-refractivity contribution in [3.63, 3.8) is 0 Å². The van der Waals surface area contributed by atoms with Crippen LogP contribution >= 0.6 is 34.5 Å². The molecular weight excluding hydrogens is 569 g/mol. The average Bonchev–Trinajstić information content (AvgIpc) is 3.53. The van der Waals surface area contributed by atoms with Crippen LogP contribution in [-0.2, 0) is 20.7 Å². The molecule has 2 N–H and O–H groups in total. The molecule has 3 aromatic rings. The maximum Gasteiger partial charge on any atom is 0.387 e. The molecule has 1 fully saturated rings. The number of pyridine rings is 1. The Kier molecular flexibility index (Phi) is 10.6. The van der Waals surface area contributed by atoms with E-state index >= 15 is 0 Å². The molecule has 2 heterocycles. The highest BCUT2D eigenvalue weighted by molar-refractivity contribution is 7.11. The summed E-state index contributed by atoms with van der Waals surface area (Å²) < 4.78 is 46.9. The van der Waals surface area contributed by atoms with Crippen molar-refractivity contribution in [1.29, 1.82) is 0 Å². The number of rotatable bonds is 12. The van der Waals surface area contributed by atoms with E-state index in [0.717, 1.165) is 24.2 Å². The number of aromatic nitrogens is 2. The van der Waals surface area contributed by atoms with Gasteiger partial charge in [-0.15, -0.1) is 11.3 Å². The van der Waals surface area contributed by atoms with Crippen LogP contribution in [0.1, 0.15) is 39.7 Å². The van der Waals surface area contributed by atoms with Crippen LogP contribution in [0, 0.1) is 5.92 Å². The summed E-state index contributed by atoms with van der Waals surface area (Å²) in [5, 5.41) is 0.598. The number of carbonyl (C=O) groups excluding carboxylic acids is 2. The van der Waals surface area contributed by atoms with Crippen molar-refractivity contribution in [2.24, 2.45) is 5.92 Å². The van der Waals surface area contributed by atoms with E-state index in [1.807, 2.05) is 0 Å². The molecule has 0 bridgehead atoms. The van der Waals surface area contributed by atoms with E-state index in [0.29, 0.717) is 33.7 Å². The quantitative estimate of drug-likeness (QED) is 0.264. The number of nitrogens with zero attached hydrogens (tertiary/aromatic N) is 1. The second-order valence-corrected chi connectivity index (χ2v) is 9.79. The second kappa shape index (κ2) is 13.7. The Morgan fingerprint density at radius 2 is 1.89 bits per heavy atom. The van der Waals surface area contributed by atoms with Crippen molar-refractivity contribution in [3.8, 4) is 11.5 Å². The molecule has 0 spiro atoms. The molecule has 0 saturated heterocycles. The minimum atomic E-state index is -3.05. The van der Waals surface area contributed by atoms with Crippen LogP contribution in [0.3, 0.4) is 0 Å². The van der Waals surface area contributed by atoms with Crippen LogP contribution in [0.2, 0.25) is 10.0 Å². The van der Waals surface area contributed by atoms with Gasteiger partial charge in [0.2, 0.25) is 0 Å². The Morgan fingerprint density at radius 3 is 2.53 bits per heavy atom. The van der Waals surface area contributed by atoms with Gasteiger partial charge in [0, 0.05) is 12.0 Å². The minimum absolute atomic E-state index is 0. The summed E-state index contributed by atoms with van der Waals surface area (Å²) >= 11 is 13.7. The Labute approximate surface area is 229 Å². The fourth-order valence-corrected chi connectivity index (χ4v) is 4.36. The Balaban J connectivity index is 0.00000400. The van der Waals surface area contributed by atoms with Gasteiger partial charge in [-0.1, -0.05) is 29.3 Å². The molecule has 38 heavy (non-hydrogen) atoms. The summed E-state index contributed by atoms with van der Waals surface area (Å²) in [7, 11) is 0. The van der Waals surface area contributed by atoms with Crippen molar-refractivity contribution in [2.45, 2.75) is 32.0 Å². The number of carbonyl (C=O) groups is 2. The molecule has 1 atom stereocenters. The Morgan fingerprint density at radius 1 is 1.16 bits per heavy atom. The lowest BCUT2D eigenvalue weighted by molar-refractivity contribution is -0.377. The van der Waals surface area contributed by atoms with Crippen LogP contribution in [0.15, 0.2) is 42.3 Å². The van der Waals surface area contributed by atoms with E-state index in [2.05, 4.69) is 14.7 Å². The lowest BCUT2D eigenvalue weighted by Crippen LogP contribution is -2.20. The number of nitrogens with one attached hydrogen (secondary N) is 1. The Hall–Kier alpha value is -3.06. The average molecular weight is 591 g/mol. The van der Waals surface area contributed by atoms with Gasteiger partial charge in [-0.05, 0) is 36.5 Å². The highest BCUT2D eigenvalue weighted by atomic mass is 35.5. The van der Waals surface area contributed by atoms with Crippen molar-refractivity contribution in [2.75, 3.05) is 13.2 Å². The van der Waals surface area contributed by atoms with Crippen LogP contribution in [-0.4, -0.2) is 42.2 Å². The largest absolute Gasteiger partial charge is 0.870 e. The topological polar surface area (TPSA) is 128 Å².